The third-order valence-electron chi connectivity index (χ3n) is 2.66. The molecule has 1 heterocycles. The molecule has 4 N–H and O–H groups in total. The highest BCUT2D eigenvalue weighted by Crippen LogP contribution is 2.22. The fourth-order valence-corrected chi connectivity index (χ4v) is 1.59. The van der Waals surface area contributed by atoms with Crippen LogP contribution >= 0.6 is 0 Å². The Labute approximate surface area is 119 Å². The van der Waals surface area contributed by atoms with Gasteiger partial charge in [0.15, 0.2) is 0 Å². The molecule has 6 nitrogen and oxygen atoms in total. The zero-order valence-corrected chi connectivity index (χ0v) is 12.4. The first-order valence-corrected chi connectivity index (χ1v) is 6.57. The molecule has 1 aromatic rings. The van der Waals surface area contributed by atoms with Crippen molar-refractivity contribution >= 4 is 17.6 Å². The predicted octanol–water partition coefficient (Wildman–Crippen LogP) is 0.827. The number of carbonyl (C=O) groups is 2. The van der Waals surface area contributed by atoms with E-state index >= 15 is 0 Å². The van der Waals surface area contributed by atoms with Crippen LogP contribution in [0, 0.1) is 0 Å². The summed E-state index contributed by atoms with van der Waals surface area (Å²) in [4.78, 5) is 27.6. The van der Waals surface area contributed by atoms with Crippen molar-refractivity contribution in [2.45, 2.75) is 33.1 Å². The summed E-state index contributed by atoms with van der Waals surface area (Å²) in [5.74, 6) is -0.268. The van der Waals surface area contributed by atoms with E-state index in [1.54, 1.807) is 6.07 Å². The number of carbonyl (C=O) groups excluding carboxylic acids is 2. The number of nitrogens with zero attached hydrogens (tertiary/aromatic N) is 1. The van der Waals surface area contributed by atoms with Crippen molar-refractivity contribution < 1.29 is 9.59 Å². The molecule has 0 aliphatic heterocycles. The zero-order chi connectivity index (χ0) is 15.3. The molecule has 0 aromatic carbocycles. The molecule has 0 saturated carbocycles. The summed E-state index contributed by atoms with van der Waals surface area (Å²) in [5.41, 5.74) is 6.67. The molecule has 0 aliphatic carbocycles. The van der Waals surface area contributed by atoms with Crippen molar-refractivity contribution in [2.24, 2.45) is 0 Å². The molecule has 6 heteroatoms. The van der Waals surface area contributed by atoms with Crippen LogP contribution in [0.4, 0.5) is 5.82 Å². The largest absolute Gasteiger partial charge is 0.384 e. The predicted molar refractivity (Wildman–Crippen MR) is 78.4 cm³/mol. The van der Waals surface area contributed by atoms with Crippen LogP contribution in [0.1, 0.15) is 43.7 Å². The van der Waals surface area contributed by atoms with E-state index in [9.17, 15) is 9.59 Å². The van der Waals surface area contributed by atoms with Gasteiger partial charge in [-0.1, -0.05) is 20.8 Å². The number of hydrogen-bond donors (Lipinski definition) is 3. The van der Waals surface area contributed by atoms with Crippen molar-refractivity contribution in [3.8, 4) is 0 Å². The molecule has 0 bridgehead atoms. The van der Waals surface area contributed by atoms with Gasteiger partial charge < -0.3 is 16.4 Å². The maximum Gasteiger partial charge on any atom is 0.251 e. The number of hydrogen-bond acceptors (Lipinski definition) is 4. The maximum absolute atomic E-state index is 12.0. The van der Waals surface area contributed by atoms with Crippen LogP contribution in [-0.4, -0.2) is 29.9 Å². The Kier molecular flexibility index (Phi) is 5.07. The molecular formula is C14H22N4O2. The lowest BCUT2D eigenvalue weighted by atomic mass is 9.90. The molecule has 0 spiro atoms. The summed E-state index contributed by atoms with van der Waals surface area (Å²) in [6.45, 7) is 8.27. The number of pyridine rings is 1. The topological polar surface area (TPSA) is 97.1 Å². The number of nitrogens with one attached hydrogen (secondary N) is 2. The Morgan fingerprint density at radius 1 is 1.25 bits per heavy atom. The third kappa shape index (κ3) is 4.53. The molecule has 0 radical (unpaired) electrons. The summed E-state index contributed by atoms with van der Waals surface area (Å²) >= 11 is 0. The Morgan fingerprint density at radius 2 is 1.90 bits per heavy atom. The molecular weight excluding hydrogens is 256 g/mol. The van der Waals surface area contributed by atoms with E-state index < -0.39 is 0 Å². The second kappa shape index (κ2) is 6.36. The van der Waals surface area contributed by atoms with Gasteiger partial charge in [0.05, 0.1) is 6.54 Å². The van der Waals surface area contributed by atoms with Gasteiger partial charge in [0.25, 0.3) is 5.91 Å². The lowest BCUT2D eigenvalue weighted by molar-refractivity contribution is -0.120. The number of likely N-dealkylation sites (N-methyl/N-ethyl adjacent to an activating group) is 1. The zero-order valence-electron chi connectivity index (χ0n) is 12.4. The van der Waals surface area contributed by atoms with Crippen molar-refractivity contribution in [1.82, 2.24) is 15.6 Å². The minimum Gasteiger partial charge on any atom is -0.384 e. The molecule has 20 heavy (non-hydrogen) atoms. The molecule has 0 fully saturated rings. The van der Waals surface area contributed by atoms with Crippen LogP contribution in [0.25, 0.3) is 0 Å². The fraction of sp³-hybridized carbons (Fsp3) is 0.500. The molecule has 1 rings (SSSR count). The minimum absolute atomic E-state index is 0.0558. The van der Waals surface area contributed by atoms with Crippen molar-refractivity contribution in [3.05, 3.63) is 23.4 Å². The second-order valence-corrected chi connectivity index (χ2v) is 5.55. The van der Waals surface area contributed by atoms with Gasteiger partial charge in [-0.05, 0) is 19.1 Å². The summed E-state index contributed by atoms with van der Waals surface area (Å²) in [6, 6.07) is 3.20. The highest BCUT2D eigenvalue weighted by Gasteiger charge is 2.18. The monoisotopic (exact) mass is 278 g/mol. The van der Waals surface area contributed by atoms with E-state index in [-0.39, 0.29) is 23.8 Å². The van der Waals surface area contributed by atoms with Crippen molar-refractivity contribution in [1.29, 1.82) is 0 Å². The maximum atomic E-state index is 12.0. The minimum atomic E-state index is -0.337. The standard InChI is InChI=1S/C14H22N4O2/c1-5-16-12(19)8-17-13(20)9-6-10(14(2,3)4)18-11(15)7-9/h6-7H,5,8H2,1-4H3,(H2,15,18)(H,16,19)(H,17,20). The van der Waals surface area contributed by atoms with Crippen LogP contribution in [-0.2, 0) is 10.2 Å². The van der Waals surface area contributed by atoms with E-state index in [0.29, 0.717) is 17.9 Å². The van der Waals surface area contributed by atoms with Gasteiger partial charge >= 0.3 is 0 Å². The van der Waals surface area contributed by atoms with Crippen LogP contribution < -0.4 is 16.4 Å². The Balaban J connectivity index is 2.83. The summed E-state index contributed by atoms with van der Waals surface area (Å²) < 4.78 is 0. The van der Waals surface area contributed by atoms with Crippen LogP contribution in [0.3, 0.4) is 0 Å². The Hall–Kier alpha value is -2.11. The van der Waals surface area contributed by atoms with E-state index in [1.165, 1.54) is 6.07 Å². The van der Waals surface area contributed by atoms with Gasteiger partial charge in [-0.15, -0.1) is 0 Å². The first kappa shape index (κ1) is 15.9. The summed E-state index contributed by atoms with van der Waals surface area (Å²) in [6.07, 6.45) is 0. The summed E-state index contributed by atoms with van der Waals surface area (Å²) in [5, 5.41) is 5.16. The normalized spacial score (nSPS) is 11.0. The molecule has 0 unspecified atom stereocenters. The highest BCUT2D eigenvalue weighted by atomic mass is 16.2. The lowest BCUT2D eigenvalue weighted by Gasteiger charge is -2.19. The van der Waals surface area contributed by atoms with Gasteiger partial charge in [-0.25, -0.2) is 4.98 Å². The van der Waals surface area contributed by atoms with Crippen molar-refractivity contribution in [3.63, 3.8) is 0 Å². The quantitative estimate of drug-likeness (QED) is 0.759. The van der Waals surface area contributed by atoms with E-state index in [2.05, 4.69) is 15.6 Å². The number of rotatable bonds is 4. The van der Waals surface area contributed by atoms with Crippen molar-refractivity contribution in [2.75, 3.05) is 18.8 Å². The number of amides is 2. The van der Waals surface area contributed by atoms with Gasteiger partial charge in [0, 0.05) is 23.2 Å². The first-order chi connectivity index (χ1) is 9.24. The van der Waals surface area contributed by atoms with E-state index in [0.717, 1.165) is 5.69 Å². The third-order valence-corrected chi connectivity index (χ3v) is 2.66. The van der Waals surface area contributed by atoms with Gasteiger partial charge in [-0.3, -0.25) is 9.59 Å². The fourth-order valence-electron chi connectivity index (χ4n) is 1.59. The van der Waals surface area contributed by atoms with E-state index in [4.69, 9.17) is 5.73 Å². The SMILES string of the molecule is CCNC(=O)CNC(=O)c1cc(N)nc(C(C)(C)C)c1. The van der Waals surface area contributed by atoms with Gasteiger partial charge in [0.2, 0.25) is 5.91 Å². The molecule has 110 valence electrons. The number of nitrogens with two attached hydrogens (primary N) is 1. The number of anilines is 1. The Morgan fingerprint density at radius 3 is 2.45 bits per heavy atom. The lowest BCUT2D eigenvalue weighted by Crippen LogP contribution is -2.36. The average molecular weight is 278 g/mol. The van der Waals surface area contributed by atoms with Crippen LogP contribution in [0.15, 0.2) is 12.1 Å². The first-order valence-electron chi connectivity index (χ1n) is 6.57. The molecule has 0 saturated heterocycles. The Bertz CT molecular complexity index is 506. The number of nitrogen functional groups attached to an aromatic ring is 1. The second-order valence-electron chi connectivity index (χ2n) is 5.55. The van der Waals surface area contributed by atoms with Gasteiger partial charge in [0.1, 0.15) is 5.82 Å². The molecule has 0 atom stereocenters. The van der Waals surface area contributed by atoms with E-state index in [1.807, 2.05) is 27.7 Å². The molecule has 2 amide bonds. The molecule has 1 aromatic heterocycles. The smallest absolute Gasteiger partial charge is 0.251 e. The van der Waals surface area contributed by atoms with Crippen LogP contribution in [0.5, 0.6) is 0 Å². The van der Waals surface area contributed by atoms with Crippen LogP contribution in [0.2, 0.25) is 0 Å². The summed E-state index contributed by atoms with van der Waals surface area (Å²) in [7, 11) is 0. The highest BCUT2D eigenvalue weighted by molar-refractivity contribution is 5.97. The molecule has 0 aliphatic rings. The average Bonchev–Trinajstić information content (AvgIpc) is 2.34. The number of aromatic nitrogens is 1. The van der Waals surface area contributed by atoms with Gasteiger partial charge in [-0.2, -0.15) is 0 Å².